The van der Waals surface area contributed by atoms with E-state index in [0.717, 1.165) is 5.92 Å². The first-order valence-electron chi connectivity index (χ1n) is 6.14. The van der Waals surface area contributed by atoms with Gasteiger partial charge in [0.05, 0.1) is 0 Å². The van der Waals surface area contributed by atoms with Crippen LogP contribution in [0.5, 0.6) is 0 Å². The van der Waals surface area contributed by atoms with Gasteiger partial charge in [0.2, 0.25) is 0 Å². The number of benzene rings is 1. The lowest BCUT2D eigenvalue weighted by Crippen LogP contribution is -2.42. The molecule has 1 aliphatic rings. The molecule has 0 bridgehead atoms. The van der Waals surface area contributed by atoms with Crippen LogP contribution in [0.4, 0.5) is 0 Å². The molecule has 2 heteroatoms. The summed E-state index contributed by atoms with van der Waals surface area (Å²) in [5, 5.41) is 3.60. The Morgan fingerprint density at radius 2 is 1.69 bits per heavy atom. The van der Waals surface area contributed by atoms with Gasteiger partial charge in [-0.3, -0.25) is 0 Å². The van der Waals surface area contributed by atoms with Gasteiger partial charge in [0, 0.05) is 16.6 Å². The van der Waals surface area contributed by atoms with Crippen molar-refractivity contribution in [2.24, 2.45) is 5.92 Å². The number of hydrogen-bond acceptors (Lipinski definition) is 1. The fourth-order valence-corrected chi connectivity index (χ4v) is 3.10. The van der Waals surface area contributed by atoms with Gasteiger partial charge in [-0.2, -0.15) is 0 Å². The minimum absolute atomic E-state index is 0.671. The largest absolute Gasteiger partial charge is 0.312 e. The molecule has 1 aromatic carbocycles. The summed E-state index contributed by atoms with van der Waals surface area (Å²) in [6.07, 6.45) is 3.84. The molecule has 3 atom stereocenters. The average Bonchev–Trinajstić information content (AvgIpc) is 2.20. The van der Waals surface area contributed by atoms with Crippen molar-refractivity contribution >= 4 is 15.9 Å². The zero-order chi connectivity index (χ0) is 11.5. The van der Waals surface area contributed by atoms with E-state index in [1.165, 1.54) is 29.3 Å². The Bertz CT molecular complexity index is 323. The highest BCUT2D eigenvalue weighted by Gasteiger charge is 2.22. The highest BCUT2D eigenvalue weighted by atomic mass is 79.9. The molecule has 1 aliphatic heterocycles. The SMILES string of the molecule is C[C@@H]1CC(Cc2ccc(Br)cc2)C[C@H](C)N1. The minimum Gasteiger partial charge on any atom is -0.312 e. The summed E-state index contributed by atoms with van der Waals surface area (Å²) >= 11 is 3.48. The van der Waals surface area contributed by atoms with Gasteiger partial charge in [-0.15, -0.1) is 0 Å². The van der Waals surface area contributed by atoms with E-state index in [0.29, 0.717) is 12.1 Å². The summed E-state index contributed by atoms with van der Waals surface area (Å²) in [7, 11) is 0. The standard InChI is InChI=1S/C14H20BrN/c1-10-7-13(8-11(2)16-10)9-12-3-5-14(15)6-4-12/h3-6,10-11,13,16H,7-9H2,1-2H3/t10-,11+,13?. The van der Waals surface area contributed by atoms with Crippen molar-refractivity contribution in [2.75, 3.05) is 0 Å². The number of rotatable bonds is 2. The molecule has 2 rings (SSSR count). The molecule has 16 heavy (non-hydrogen) atoms. The summed E-state index contributed by atoms with van der Waals surface area (Å²) < 4.78 is 1.17. The Morgan fingerprint density at radius 1 is 1.12 bits per heavy atom. The molecule has 0 aliphatic carbocycles. The van der Waals surface area contributed by atoms with Crippen LogP contribution >= 0.6 is 15.9 Å². The molecule has 1 unspecified atom stereocenters. The summed E-state index contributed by atoms with van der Waals surface area (Å²) in [5.74, 6) is 0.840. The Hall–Kier alpha value is -0.340. The van der Waals surface area contributed by atoms with Gasteiger partial charge in [0.1, 0.15) is 0 Å². The quantitative estimate of drug-likeness (QED) is 0.870. The van der Waals surface area contributed by atoms with E-state index in [1.54, 1.807) is 0 Å². The molecule has 1 N–H and O–H groups in total. The van der Waals surface area contributed by atoms with Crippen molar-refractivity contribution in [1.82, 2.24) is 5.32 Å². The Morgan fingerprint density at radius 3 is 2.25 bits per heavy atom. The second kappa shape index (κ2) is 5.33. The van der Waals surface area contributed by atoms with Gasteiger partial charge in [-0.1, -0.05) is 28.1 Å². The maximum Gasteiger partial charge on any atom is 0.0175 e. The van der Waals surface area contributed by atoms with Crippen LogP contribution in [0.2, 0.25) is 0 Å². The van der Waals surface area contributed by atoms with E-state index in [1.807, 2.05) is 0 Å². The predicted molar refractivity (Wildman–Crippen MR) is 72.6 cm³/mol. The van der Waals surface area contributed by atoms with Gasteiger partial charge in [0.25, 0.3) is 0 Å². The van der Waals surface area contributed by atoms with Crippen molar-refractivity contribution in [3.05, 3.63) is 34.3 Å². The molecule has 1 saturated heterocycles. The minimum atomic E-state index is 0.671. The normalized spacial score (nSPS) is 30.3. The number of piperidine rings is 1. The molecule has 1 heterocycles. The van der Waals surface area contributed by atoms with E-state index < -0.39 is 0 Å². The maximum atomic E-state index is 3.60. The monoisotopic (exact) mass is 281 g/mol. The summed E-state index contributed by atoms with van der Waals surface area (Å²) in [6, 6.07) is 10.1. The lowest BCUT2D eigenvalue weighted by atomic mass is 9.84. The van der Waals surface area contributed by atoms with Crippen LogP contribution in [-0.4, -0.2) is 12.1 Å². The van der Waals surface area contributed by atoms with Crippen LogP contribution in [0.3, 0.4) is 0 Å². The van der Waals surface area contributed by atoms with Crippen LogP contribution in [0.15, 0.2) is 28.7 Å². The zero-order valence-electron chi connectivity index (χ0n) is 10.0. The molecule has 88 valence electrons. The molecule has 1 nitrogen and oxygen atoms in total. The van der Waals surface area contributed by atoms with Crippen LogP contribution in [-0.2, 0) is 6.42 Å². The fraction of sp³-hybridized carbons (Fsp3) is 0.571. The van der Waals surface area contributed by atoms with Crippen molar-refractivity contribution in [3.8, 4) is 0 Å². The molecule has 0 aromatic heterocycles. The molecule has 1 fully saturated rings. The van der Waals surface area contributed by atoms with E-state index in [2.05, 4.69) is 59.4 Å². The number of nitrogens with one attached hydrogen (secondary N) is 1. The van der Waals surface area contributed by atoms with Crippen LogP contribution in [0, 0.1) is 5.92 Å². The molecule has 0 spiro atoms. The van der Waals surface area contributed by atoms with Gasteiger partial charge in [-0.25, -0.2) is 0 Å². The third-order valence-electron chi connectivity index (χ3n) is 3.38. The summed E-state index contributed by atoms with van der Waals surface area (Å²) in [6.45, 7) is 4.59. The maximum absolute atomic E-state index is 3.60. The Kier molecular flexibility index (Phi) is 4.04. The van der Waals surface area contributed by atoms with Gasteiger partial charge in [-0.05, 0) is 56.7 Å². The van der Waals surface area contributed by atoms with Crippen molar-refractivity contribution < 1.29 is 0 Å². The van der Waals surface area contributed by atoms with Crippen LogP contribution < -0.4 is 5.32 Å². The number of hydrogen-bond donors (Lipinski definition) is 1. The first-order chi connectivity index (χ1) is 7.63. The molecule has 1 aromatic rings. The number of halogens is 1. The summed E-state index contributed by atoms with van der Waals surface area (Å²) in [4.78, 5) is 0. The third kappa shape index (κ3) is 3.33. The van der Waals surface area contributed by atoms with Crippen molar-refractivity contribution in [2.45, 2.75) is 45.2 Å². The highest BCUT2D eigenvalue weighted by molar-refractivity contribution is 9.10. The van der Waals surface area contributed by atoms with Crippen molar-refractivity contribution in [1.29, 1.82) is 0 Å². The predicted octanol–water partition coefficient (Wildman–Crippen LogP) is 3.77. The smallest absolute Gasteiger partial charge is 0.0175 e. The van der Waals surface area contributed by atoms with Crippen molar-refractivity contribution in [3.63, 3.8) is 0 Å². The first-order valence-corrected chi connectivity index (χ1v) is 6.93. The lowest BCUT2D eigenvalue weighted by molar-refractivity contribution is 0.262. The molecule has 0 amide bonds. The fourth-order valence-electron chi connectivity index (χ4n) is 2.84. The van der Waals surface area contributed by atoms with E-state index in [4.69, 9.17) is 0 Å². The third-order valence-corrected chi connectivity index (χ3v) is 3.91. The average molecular weight is 282 g/mol. The van der Waals surface area contributed by atoms with Gasteiger partial charge < -0.3 is 5.32 Å². The first kappa shape index (κ1) is 12.1. The highest BCUT2D eigenvalue weighted by Crippen LogP contribution is 2.24. The Balaban J connectivity index is 1.96. The molecular weight excluding hydrogens is 262 g/mol. The second-order valence-corrected chi connectivity index (χ2v) is 6.05. The lowest BCUT2D eigenvalue weighted by Gasteiger charge is -2.33. The topological polar surface area (TPSA) is 12.0 Å². The zero-order valence-corrected chi connectivity index (χ0v) is 11.6. The molecule has 0 saturated carbocycles. The van der Waals surface area contributed by atoms with E-state index in [-0.39, 0.29) is 0 Å². The molecule has 0 radical (unpaired) electrons. The summed E-state index contributed by atoms with van der Waals surface area (Å²) in [5.41, 5.74) is 1.47. The second-order valence-electron chi connectivity index (χ2n) is 5.14. The molecular formula is C14H20BrN. The van der Waals surface area contributed by atoms with Crippen LogP contribution in [0.1, 0.15) is 32.3 Å². The van der Waals surface area contributed by atoms with Gasteiger partial charge in [0.15, 0.2) is 0 Å². The van der Waals surface area contributed by atoms with E-state index >= 15 is 0 Å². The Labute approximate surface area is 107 Å². The van der Waals surface area contributed by atoms with E-state index in [9.17, 15) is 0 Å². The van der Waals surface area contributed by atoms with Gasteiger partial charge >= 0.3 is 0 Å². The van der Waals surface area contributed by atoms with Crippen LogP contribution in [0.25, 0.3) is 0 Å².